The van der Waals surface area contributed by atoms with Gasteiger partial charge in [0.2, 0.25) is 0 Å². The Hall–Kier alpha value is -0.250. The van der Waals surface area contributed by atoms with E-state index in [0.717, 1.165) is 12.8 Å². The van der Waals surface area contributed by atoms with E-state index in [-0.39, 0.29) is 12.3 Å². The largest absolute Gasteiger partial charge is 0.394 e. The molecule has 1 aliphatic rings. The fourth-order valence-electron chi connectivity index (χ4n) is 2.23. The number of rotatable bonds is 2. The van der Waals surface area contributed by atoms with Crippen molar-refractivity contribution in [3.63, 3.8) is 0 Å². The van der Waals surface area contributed by atoms with Crippen LogP contribution in [0.5, 0.6) is 0 Å². The molecule has 0 aromatic rings. The van der Waals surface area contributed by atoms with Crippen molar-refractivity contribution in [1.82, 2.24) is 0 Å². The second-order valence-electron chi connectivity index (χ2n) is 4.01. The van der Waals surface area contributed by atoms with Crippen LogP contribution in [0.2, 0.25) is 0 Å². The summed E-state index contributed by atoms with van der Waals surface area (Å²) in [6.07, 6.45) is -2.26. The lowest BCUT2D eigenvalue weighted by atomic mass is 9.78. The molecule has 0 heterocycles. The van der Waals surface area contributed by atoms with E-state index in [1.54, 1.807) is 0 Å². The predicted octanol–water partition coefficient (Wildman–Crippen LogP) is 3.39. The molecule has 0 aliphatic heterocycles. The Kier molecular flexibility index (Phi) is 3.81. The Morgan fingerprint density at radius 2 is 1.93 bits per heavy atom. The maximum atomic E-state index is 12.6. The van der Waals surface area contributed by atoms with Gasteiger partial charge in [-0.25, -0.2) is 0 Å². The molecule has 0 bridgehead atoms. The zero-order chi connectivity index (χ0) is 10.8. The maximum Gasteiger partial charge on any atom is 0.394 e. The number of hydrogen-bond acceptors (Lipinski definition) is 1. The van der Waals surface area contributed by atoms with Gasteiger partial charge in [-0.2, -0.15) is 13.2 Å². The Labute approximate surface area is 82.6 Å². The van der Waals surface area contributed by atoms with Gasteiger partial charge in [0, 0.05) is 7.11 Å². The molecular formula is C10H17F3O. The van der Waals surface area contributed by atoms with Crippen molar-refractivity contribution in [3.8, 4) is 0 Å². The summed E-state index contributed by atoms with van der Waals surface area (Å²) in [6.45, 7) is 1.95. The summed E-state index contributed by atoms with van der Waals surface area (Å²) >= 11 is 0. The fourth-order valence-corrected chi connectivity index (χ4v) is 2.23. The van der Waals surface area contributed by atoms with Gasteiger partial charge in [0.1, 0.15) is 0 Å². The molecule has 1 nitrogen and oxygen atoms in total. The molecule has 4 heteroatoms. The van der Waals surface area contributed by atoms with Crippen LogP contribution in [0.1, 0.15) is 32.6 Å². The van der Waals surface area contributed by atoms with E-state index in [1.165, 1.54) is 7.11 Å². The molecule has 1 saturated carbocycles. The Morgan fingerprint density at radius 3 is 2.36 bits per heavy atom. The van der Waals surface area contributed by atoms with Gasteiger partial charge in [-0.3, -0.25) is 0 Å². The van der Waals surface area contributed by atoms with Crippen molar-refractivity contribution in [1.29, 1.82) is 0 Å². The minimum atomic E-state index is -4.10. The molecular weight excluding hydrogens is 193 g/mol. The Morgan fingerprint density at radius 1 is 1.29 bits per heavy atom. The van der Waals surface area contributed by atoms with Crippen molar-refractivity contribution in [2.45, 2.75) is 44.9 Å². The highest BCUT2D eigenvalue weighted by Crippen LogP contribution is 2.42. The minimum Gasteiger partial charge on any atom is -0.381 e. The molecule has 0 aromatic heterocycles. The zero-order valence-electron chi connectivity index (χ0n) is 8.60. The van der Waals surface area contributed by atoms with Gasteiger partial charge in [-0.05, 0) is 25.2 Å². The van der Waals surface area contributed by atoms with Gasteiger partial charge >= 0.3 is 6.18 Å². The Bertz CT molecular complexity index is 179. The predicted molar refractivity (Wildman–Crippen MR) is 48.0 cm³/mol. The summed E-state index contributed by atoms with van der Waals surface area (Å²) in [4.78, 5) is 0. The number of halogens is 3. The SMILES string of the molecule is CCC1CCC(OC)C(C(F)(F)F)C1. The van der Waals surface area contributed by atoms with Crippen LogP contribution in [0.25, 0.3) is 0 Å². The van der Waals surface area contributed by atoms with E-state index in [0.29, 0.717) is 6.42 Å². The molecule has 0 spiro atoms. The lowest BCUT2D eigenvalue weighted by molar-refractivity contribution is -0.216. The van der Waals surface area contributed by atoms with E-state index in [9.17, 15) is 13.2 Å². The van der Waals surface area contributed by atoms with E-state index in [1.807, 2.05) is 6.92 Å². The van der Waals surface area contributed by atoms with E-state index in [4.69, 9.17) is 4.74 Å². The van der Waals surface area contributed by atoms with E-state index >= 15 is 0 Å². The third-order valence-corrected chi connectivity index (χ3v) is 3.20. The van der Waals surface area contributed by atoms with Gasteiger partial charge in [-0.1, -0.05) is 13.3 Å². The number of methoxy groups -OCH3 is 1. The molecule has 1 aliphatic carbocycles. The van der Waals surface area contributed by atoms with Crippen molar-refractivity contribution < 1.29 is 17.9 Å². The lowest BCUT2D eigenvalue weighted by Gasteiger charge is -2.35. The third kappa shape index (κ3) is 2.62. The quantitative estimate of drug-likeness (QED) is 0.678. The summed E-state index contributed by atoms with van der Waals surface area (Å²) in [5.74, 6) is -1.04. The molecule has 0 N–H and O–H groups in total. The summed E-state index contributed by atoms with van der Waals surface area (Å²) < 4.78 is 42.7. The first-order chi connectivity index (χ1) is 6.49. The van der Waals surface area contributed by atoms with Crippen molar-refractivity contribution in [2.24, 2.45) is 11.8 Å². The van der Waals surface area contributed by atoms with Crippen molar-refractivity contribution >= 4 is 0 Å². The molecule has 84 valence electrons. The van der Waals surface area contributed by atoms with Gasteiger partial charge in [-0.15, -0.1) is 0 Å². The molecule has 0 amide bonds. The average molecular weight is 210 g/mol. The fraction of sp³-hybridized carbons (Fsp3) is 1.00. The normalized spacial score (nSPS) is 34.5. The molecule has 0 radical (unpaired) electrons. The van der Waals surface area contributed by atoms with Crippen LogP contribution < -0.4 is 0 Å². The highest BCUT2D eigenvalue weighted by Gasteiger charge is 2.47. The maximum absolute atomic E-state index is 12.6. The number of hydrogen-bond donors (Lipinski definition) is 0. The molecule has 1 fully saturated rings. The third-order valence-electron chi connectivity index (χ3n) is 3.20. The van der Waals surface area contributed by atoms with Gasteiger partial charge in [0.15, 0.2) is 0 Å². The second kappa shape index (κ2) is 4.51. The first-order valence-electron chi connectivity index (χ1n) is 5.08. The molecule has 0 saturated heterocycles. The van der Waals surface area contributed by atoms with Crippen LogP contribution in [-0.4, -0.2) is 19.4 Å². The molecule has 3 unspecified atom stereocenters. The minimum absolute atomic E-state index is 0.216. The van der Waals surface area contributed by atoms with E-state index in [2.05, 4.69) is 0 Å². The van der Waals surface area contributed by atoms with Crippen LogP contribution in [0.4, 0.5) is 13.2 Å². The molecule has 14 heavy (non-hydrogen) atoms. The van der Waals surface area contributed by atoms with Crippen LogP contribution in [0.3, 0.4) is 0 Å². The van der Waals surface area contributed by atoms with Crippen molar-refractivity contribution in [2.75, 3.05) is 7.11 Å². The van der Waals surface area contributed by atoms with Crippen LogP contribution in [0, 0.1) is 11.8 Å². The van der Waals surface area contributed by atoms with Crippen molar-refractivity contribution in [3.05, 3.63) is 0 Å². The highest BCUT2D eigenvalue weighted by atomic mass is 19.4. The van der Waals surface area contributed by atoms with Crippen LogP contribution >= 0.6 is 0 Å². The van der Waals surface area contributed by atoms with Gasteiger partial charge in [0.05, 0.1) is 12.0 Å². The summed E-state index contributed by atoms with van der Waals surface area (Å²) in [7, 11) is 1.37. The standard InChI is InChI=1S/C10H17F3O/c1-3-7-4-5-9(14-2)8(6-7)10(11,12)13/h7-9H,3-6H2,1-2H3. The number of alkyl halides is 3. The summed E-state index contributed by atoms with van der Waals surface area (Å²) in [5, 5.41) is 0. The Balaban J connectivity index is 2.65. The molecule has 3 atom stereocenters. The number of ether oxygens (including phenoxy) is 1. The smallest absolute Gasteiger partial charge is 0.381 e. The monoisotopic (exact) mass is 210 g/mol. The second-order valence-corrected chi connectivity index (χ2v) is 4.01. The molecule has 1 rings (SSSR count). The first-order valence-corrected chi connectivity index (χ1v) is 5.08. The van der Waals surface area contributed by atoms with Gasteiger partial charge < -0.3 is 4.74 Å². The van der Waals surface area contributed by atoms with Crippen LogP contribution in [-0.2, 0) is 4.74 Å². The van der Waals surface area contributed by atoms with E-state index < -0.39 is 18.2 Å². The summed E-state index contributed by atoms with van der Waals surface area (Å²) in [6, 6.07) is 0. The van der Waals surface area contributed by atoms with Gasteiger partial charge in [0.25, 0.3) is 0 Å². The first kappa shape index (κ1) is 11.8. The van der Waals surface area contributed by atoms with Crippen LogP contribution in [0.15, 0.2) is 0 Å². The highest BCUT2D eigenvalue weighted by molar-refractivity contribution is 4.84. The topological polar surface area (TPSA) is 9.23 Å². The zero-order valence-corrected chi connectivity index (χ0v) is 8.60. The molecule has 0 aromatic carbocycles. The summed E-state index contributed by atoms with van der Waals surface area (Å²) in [5.41, 5.74) is 0. The average Bonchev–Trinajstić information content (AvgIpc) is 2.15. The lowest BCUT2D eigenvalue weighted by Crippen LogP contribution is -2.40.